The number of aliphatic hydroxyl groups is 1. The van der Waals surface area contributed by atoms with Crippen LogP contribution in [0.2, 0.25) is 0 Å². The van der Waals surface area contributed by atoms with Gasteiger partial charge in [0.1, 0.15) is 18.1 Å². The third kappa shape index (κ3) is 10.5. The topological polar surface area (TPSA) is 208 Å². The van der Waals surface area contributed by atoms with Crippen molar-refractivity contribution in [1.82, 2.24) is 16.0 Å². The maximum atomic E-state index is 12.8. The van der Waals surface area contributed by atoms with Crippen molar-refractivity contribution in [2.24, 2.45) is 17.6 Å². The number of aliphatic carboxylic acids is 2. The Morgan fingerprint density at radius 2 is 1.44 bits per heavy atom. The molecule has 0 aliphatic heterocycles. The van der Waals surface area contributed by atoms with Crippen LogP contribution in [-0.4, -0.2) is 75.8 Å². The van der Waals surface area contributed by atoms with Crippen LogP contribution < -0.4 is 21.7 Å². The molecule has 0 rings (SSSR count). The van der Waals surface area contributed by atoms with Gasteiger partial charge in [-0.2, -0.15) is 0 Å². The summed E-state index contributed by atoms with van der Waals surface area (Å²) < 4.78 is 0. The molecule has 5 unspecified atom stereocenters. The summed E-state index contributed by atoms with van der Waals surface area (Å²) in [7, 11) is 0. The first kappa shape index (κ1) is 29.3. The average Bonchev–Trinajstić information content (AvgIpc) is 2.70. The van der Waals surface area contributed by atoms with Gasteiger partial charge in [0, 0.05) is 6.42 Å². The average molecular weight is 461 g/mol. The molecule has 0 aromatic rings. The molecule has 0 heterocycles. The molecule has 0 saturated carbocycles. The van der Waals surface area contributed by atoms with Gasteiger partial charge in [0.25, 0.3) is 0 Å². The number of hydrogen-bond acceptors (Lipinski definition) is 7. The van der Waals surface area contributed by atoms with E-state index >= 15 is 0 Å². The molecular weight excluding hydrogens is 424 g/mol. The van der Waals surface area contributed by atoms with E-state index in [4.69, 9.17) is 15.9 Å². The highest BCUT2D eigenvalue weighted by atomic mass is 16.4. The van der Waals surface area contributed by atoms with Crippen LogP contribution >= 0.6 is 0 Å². The summed E-state index contributed by atoms with van der Waals surface area (Å²) in [6.45, 7) is 6.49. The first-order chi connectivity index (χ1) is 14.8. The molecule has 0 aromatic carbocycles. The van der Waals surface area contributed by atoms with Gasteiger partial charge in [0.05, 0.1) is 12.6 Å². The van der Waals surface area contributed by atoms with E-state index in [0.29, 0.717) is 12.8 Å². The molecule has 0 bridgehead atoms. The molecule has 12 nitrogen and oxygen atoms in total. The molecule has 0 spiro atoms. The fourth-order valence-electron chi connectivity index (χ4n) is 2.83. The number of carbonyl (C=O) groups is 5. The molecule has 8 N–H and O–H groups in total. The molecule has 3 amide bonds. The van der Waals surface area contributed by atoms with Crippen molar-refractivity contribution in [3.63, 3.8) is 0 Å². The van der Waals surface area contributed by atoms with E-state index in [9.17, 15) is 29.1 Å². The maximum Gasteiger partial charge on any atom is 0.326 e. The molecule has 0 radical (unpaired) electrons. The monoisotopic (exact) mass is 460 g/mol. The lowest BCUT2D eigenvalue weighted by atomic mass is 9.96. The Morgan fingerprint density at radius 3 is 1.88 bits per heavy atom. The SMILES string of the molecule is CCC(C)C(NC(=O)C(N)CC(C)C)C(=O)NC(CO)C(=O)NC(CCC(=O)O)C(=O)O. The molecule has 12 heteroatoms. The van der Waals surface area contributed by atoms with E-state index in [1.54, 1.807) is 13.8 Å². The van der Waals surface area contributed by atoms with E-state index < -0.39 is 66.9 Å². The van der Waals surface area contributed by atoms with E-state index in [2.05, 4.69) is 16.0 Å². The Kier molecular flexibility index (Phi) is 13.1. The van der Waals surface area contributed by atoms with Crippen molar-refractivity contribution in [3.05, 3.63) is 0 Å². The van der Waals surface area contributed by atoms with Gasteiger partial charge in [-0.3, -0.25) is 19.2 Å². The number of hydrogen-bond donors (Lipinski definition) is 7. The molecule has 184 valence electrons. The molecule has 5 atom stereocenters. The van der Waals surface area contributed by atoms with E-state index in [1.807, 2.05) is 13.8 Å². The first-order valence-electron chi connectivity index (χ1n) is 10.6. The van der Waals surface area contributed by atoms with Crippen LogP contribution in [0, 0.1) is 11.8 Å². The lowest BCUT2D eigenvalue weighted by Crippen LogP contribution is -2.59. The second-order valence-corrected chi connectivity index (χ2v) is 8.18. The number of carbonyl (C=O) groups excluding carboxylic acids is 3. The summed E-state index contributed by atoms with van der Waals surface area (Å²) in [5.74, 6) is -5.11. The first-order valence-corrected chi connectivity index (χ1v) is 10.6. The normalized spacial score (nSPS) is 15.7. The number of rotatable bonds is 15. The van der Waals surface area contributed by atoms with Crippen LogP contribution in [0.1, 0.15) is 53.4 Å². The highest BCUT2D eigenvalue weighted by molar-refractivity contribution is 5.94. The van der Waals surface area contributed by atoms with Gasteiger partial charge < -0.3 is 37.0 Å². The molecule has 0 saturated heterocycles. The van der Waals surface area contributed by atoms with Crippen LogP contribution in [0.4, 0.5) is 0 Å². The summed E-state index contributed by atoms with van der Waals surface area (Å²) >= 11 is 0. The standard InChI is InChI=1S/C20H36N4O8/c1-5-11(4)16(24-17(28)12(21)8-10(2)3)19(30)23-14(9-25)18(29)22-13(20(31)32)6-7-15(26)27/h10-14,16,25H,5-9,21H2,1-4H3,(H,22,29)(H,23,30)(H,24,28)(H,26,27)(H,31,32). The van der Waals surface area contributed by atoms with Crippen molar-refractivity contribution < 1.29 is 39.3 Å². The molecular formula is C20H36N4O8. The third-order valence-corrected chi connectivity index (χ3v) is 4.93. The number of carboxylic acids is 2. The van der Waals surface area contributed by atoms with Gasteiger partial charge >= 0.3 is 11.9 Å². The van der Waals surface area contributed by atoms with Gasteiger partial charge in [0.2, 0.25) is 17.7 Å². The highest BCUT2D eigenvalue weighted by Crippen LogP contribution is 2.10. The van der Waals surface area contributed by atoms with E-state index in [-0.39, 0.29) is 18.3 Å². The summed E-state index contributed by atoms with van der Waals surface area (Å²) in [5, 5.41) is 34.4. The lowest BCUT2D eigenvalue weighted by Gasteiger charge is -2.27. The summed E-state index contributed by atoms with van der Waals surface area (Å²) in [5.41, 5.74) is 5.87. The van der Waals surface area contributed by atoms with Crippen LogP contribution in [0.15, 0.2) is 0 Å². The Labute approximate surface area is 187 Å². The van der Waals surface area contributed by atoms with Gasteiger partial charge in [-0.1, -0.05) is 34.1 Å². The fraction of sp³-hybridized carbons (Fsp3) is 0.750. The van der Waals surface area contributed by atoms with Crippen LogP contribution in [0.5, 0.6) is 0 Å². The summed E-state index contributed by atoms with van der Waals surface area (Å²) in [6, 6.07) is -4.86. The second-order valence-electron chi connectivity index (χ2n) is 8.18. The largest absolute Gasteiger partial charge is 0.481 e. The van der Waals surface area contributed by atoms with Crippen molar-refractivity contribution >= 4 is 29.7 Å². The Morgan fingerprint density at radius 1 is 0.875 bits per heavy atom. The molecule has 32 heavy (non-hydrogen) atoms. The highest BCUT2D eigenvalue weighted by Gasteiger charge is 2.32. The molecule has 0 aromatic heterocycles. The van der Waals surface area contributed by atoms with Crippen molar-refractivity contribution in [2.45, 2.75) is 77.5 Å². The van der Waals surface area contributed by atoms with Crippen molar-refractivity contribution in [1.29, 1.82) is 0 Å². The number of carboxylic acid groups (broad SMARTS) is 2. The van der Waals surface area contributed by atoms with Crippen LogP contribution in [0.25, 0.3) is 0 Å². The zero-order chi connectivity index (χ0) is 25.0. The van der Waals surface area contributed by atoms with Gasteiger partial charge in [-0.05, 0) is 24.7 Å². The van der Waals surface area contributed by atoms with Crippen molar-refractivity contribution in [2.75, 3.05) is 6.61 Å². The minimum absolute atomic E-state index is 0.164. The Hall–Kier alpha value is -2.73. The third-order valence-electron chi connectivity index (χ3n) is 4.93. The number of aliphatic hydroxyl groups excluding tert-OH is 1. The summed E-state index contributed by atoms with van der Waals surface area (Å²) in [6.07, 6.45) is 0.0628. The second kappa shape index (κ2) is 14.4. The van der Waals surface area contributed by atoms with Gasteiger partial charge in [-0.15, -0.1) is 0 Å². The smallest absolute Gasteiger partial charge is 0.326 e. The van der Waals surface area contributed by atoms with E-state index in [0.717, 1.165) is 0 Å². The predicted molar refractivity (Wildman–Crippen MR) is 114 cm³/mol. The minimum atomic E-state index is -1.51. The lowest BCUT2D eigenvalue weighted by molar-refractivity contribution is -0.143. The van der Waals surface area contributed by atoms with Crippen molar-refractivity contribution in [3.8, 4) is 0 Å². The van der Waals surface area contributed by atoms with Gasteiger partial charge in [0.15, 0.2) is 0 Å². The Bertz CT molecular complexity index is 670. The number of amides is 3. The summed E-state index contributed by atoms with van der Waals surface area (Å²) in [4.78, 5) is 59.5. The molecule has 0 aliphatic rings. The van der Waals surface area contributed by atoms with E-state index in [1.165, 1.54) is 0 Å². The van der Waals surface area contributed by atoms with Crippen LogP contribution in [-0.2, 0) is 24.0 Å². The molecule has 0 aliphatic carbocycles. The quantitative estimate of drug-likeness (QED) is 0.156. The fourth-order valence-corrected chi connectivity index (χ4v) is 2.83. The van der Waals surface area contributed by atoms with Crippen LogP contribution in [0.3, 0.4) is 0 Å². The zero-order valence-electron chi connectivity index (χ0n) is 19.0. The number of nitrogens with two attached hydrogens (primary N) is 1. The predicted octanol–water partition coefficient (Wildman–Crippen LogP) is -1.20. The maximum absolute atomic E-state index is 12.8. The number of nitrogens with one attached hydrogen (secondary N) is 3. The Balaban J connectivity index is 5.28. The van der Waals surface area contributed by atoms with Gasteiger partial charge in [-0.25, -0.2) is 4.79 Å². The minimum Gasteiger partial charge on any atom is -0.481 e. The molecule has 0 fully saturated rings. The zero-order valence-corrected chi connectivity index (χ0v) is 19.0.